The third-order valence-corrected chi connectivity index (χ3v) is 21.4. The minimum atomic E-state index is -5.47. The lowest BCUT2D eigenvalue weighted by molar-refractivity contribution is -0.0635. The molecule has 0 spiro atoms. The van der Waals surface area contributed by atoms with E-state index in [1.165, 1.54) is 69.8 Å². The highest BCUT2D eigenvalue weighted by molar-refractivity contribution is 7.98. The van der Waals surface area contributed by atoms with Crippen LogP contribution in [0.1, 0.15) is 68.8 Å². The van der Waals surface area contributed by atoms with E-state index in [1.54, 1.807) is 6.26 Å². The van der Waals surface area contributed by atoms with Crippen LogP contribution >= 0.6 is 43.1 Å². The number of aryl methyl sites for hydroxylation is 1. The topological polar surface area (TPSA) is 628 Å². The van der Waals surface area contributed by atoms with Gasteiger partial charge in [-0.15, -0.1) is 11.8 Å². The largest absolute Gasteiger partial charge is 0.472 e. The Hall–Kier alpha value is -7.08. The van der Waals surface area contributed by atoms with Gasteiger partial charge in [0.15, 0.2) is 28.3 Å². The Morgan fingerprint density at radius 3 is 1.51 bits per heavy atom. The normalized spacial score (nSPS) is 29.4. The van der Waals surface area contributed by atoms with Gasteiger partial charge in [0.05, 0.1) is 58.1 Å². The van der Waals surface area contributed by atoms with E-state index in [0.717, 1.165) is 21.8 Å². The van der Waals surface area contributed by atoms with E-state index < -0.39 is 185 Å². The van der Waals surface area contributed by atoms with Crippen LogP contribution in [0.5, 0.6) is 0 Å². The van der Waals surface area contributed by atoms with E-state index in [4.69, 9.17) is 77.1 Å². The molecule has 5 fully saturated rings. The van der Waals surface area contributed by atoms with Gasteiger partial charge >= 0.3 is 42.7 Å². The van der Waals surface area contributed by atoms with Crippen LogP contribution in [-0.4, -0.2) is 208 Å². The SMILES string of the molecule is CSc1ncnc2c1ncn2[C@H]1C[C@H](OP(=O)(O)OC[C@H]2O[C@@H](n3cnc4c(N)ncnc43)C[C@@H]2OP(=O)(O)OC[C@H]2O[C@@H](n3cc(C)c(=O)[nH]c3=O)C[C@@H]2O)[C@@H](COP(=O)(O)O[C@H]2C[C@H](n3cnc4c(=O)[nH]c(N)nc43)O[C@@H]2COP(=O)(O)O[C@H]2C[C@H](n3ccc(N)nc3=O)O[C@@H]2CO)O1. The molecule has 101 heavy (non-hydrogen) atoms. The second-order valence-corrected chi connectivity index (χ2v) is 29.7. The number of hydrogen-bond donors (Lipinski definition) is 11. The van der Waals surface area contributed by atoms with Gasteiger partial charge in [0, 0.05) is 50.1 Å². The number of hydrogen-bond acceptors (Lipinski definition) is 36. The van der Waals surface area contributed by atoms with Crippen LogP contribution in [0.25, 0.3) is 33.5 Å². The standard InChI is InChI=1S/C50H63N19O27P4S/c1-21-10-66(50(75)64-45(21)72)33-5-22(71)28(89-33)12-84-97(76,77)94-24-7-35(67-18-58-38-41(52)54-16-55-42(38)67)90-29(24)13-86-99(80,81)95-25-8-36(68-20-60-40-43(68)56-17-57-47(40)101-2)91-30(25)14-87-100(82,83)96-26-9-37(69-19-59-39-44(69)62-48(53)63-46(39)73)92-31(26)15-85-98(78,79)93-23-6-34(88-27(23)11-70)65-4-3-32(51)61-49(65)74/h3-4,10,16-20,22-31,33-37,70-71H,5-9,11-15H2,1-2H3,(H,76,77)(H,78,79)(H,80,81)(H,82,83)(H2,51,61,74)(H2,52,54,55)(H,64,72,75)(H3,53,62,63,73)/t22-,23-,24-,25-,26-,27+,28+,29+,30+,31+,33+,34+,35+,36+,37+/m0/s1. The van der Waals surface area contributed by atoms with Crippen molar-refractivity contribution in [2.45, 2.75) is 136 Å². The number of nitrogen functional groups attached to an aromatic ring is 3. The summed E-state index contributed by atoms with van der Waals surface area (Å²) in [6.45, 7) is -2.95. The van der Waals surface area contributed by atoms with Crippen molar-refractivity contribution in [2.24, 2.45) is 0 Å². The molecule has 5 saturated heterocycles. The Labute approximate surface area is 567 Å². The van der Waals surface area contributed by atoms with E-state index in [-0.39, 0.29) is 76.8 Å². The number of nitrogens with one attached hydrogen (secondary N) is 2. The third-order valence-electron chi connectivity index (χ3n) is 16.7. The molecule has 4 unspecified atom stereocenters. The number of phosphoric acid groups is 4. The van der Waals surface area contributed by atoms with Gasteiger partial charge in [0.25, 0.3) is 11.1 Å². The third kappa shape index (κ3) is 15.7. The average Bonchev–Trinajstić information content (AvgIpc) is 1.64. The Bertz CT molecular complexity index is 4870. The highest BCUT2D eigenvalue weighted by atomic mass is 32.2. The fourth-order valence-electron chi connectivity index (χ4n) is 11.9. The summed E-state index contributed by atoms with van der Waals surface area (Å²) in [5.74, 6) is -0.430. The molecule has 0 amide bonds. The number of fused-ring (bicyclic) bond motifs is 3. The zero-order valence-electron chi connectivity index (χ0n) is 52.3. The molecule has 0 aliphatic carbocycles. The molecule has 19 atom stereocenters. The maximum Gasteiger partial charge on any atom is 0.472 e. The molecule has 0 aromatic carbocycles. The highest BCUT2D eigenvalue weighted by Gasteiger charge is 2.50. The average molecular weight is 1520 g/mol. The van der Waals surface area contributed by atoms with Crippen molar-refractivity contribution < 1.29 is 108 Å². The van der Waals surface area contributed by atoms with Crippen LogP contribution in [0.3, 0.4) is 0 Å². The highest BCUT2D eigenvalue weighted by Crippen LogP contribution is 2.55. The number of anilines is 3. The van der Waals surface area contributed by atoms with Crippen LogP contribution in [0.2, 0.25) is 0 Å². The van der Waals surface area contributed by atoms with Crippen LogP contribution in [0.4, 0.5) is 17.6 Å². The quantitative estimate of drug-likeness (QED) is 0.0170. The van der Waals surface area contributed by atoms with Gasteiger partial charge in [0.2, 0.25) is 5.95 Å². The van der Waals surface area contributed by atoms with Gasteiger partial charge in [-0.25, -0.2) is 62.7 Å². The minimum Gasteiger partial charge on any atom is -0.394 e. The number of imidazole rings is 3. The molecule has 0 saturated carbocycles. The first-order valence-electron chi connectivity index (χ1n) is 30.2. The lowest BCUT2D eigenvalue weighted by Gasteiger charge is -2.25. The molecule has 51 heteroatoms. The van der Waals surface area contributed by atoms with Crippen molar-refractivity contribution in [1.82, 2.24) is 77.7 Å². The van der Waals surface area contributed by atoms with Gasteiger partial charge in [0.1, 0.15) is 121 Å². The second-order valence-electron chi connectivity index (χ2n) is 23.3. The Kier molecular flexibility index (Phi) is 20.7. The fraction of sp³-hybridized carbons (Fsp3) is 0.540. The Morgan fingerprint density at radius 2 is 0.990 bits per heavy atom. The predicted octanol–water partition coefficient (Wildman–Crippen LogP) is -0.817. The fourth-order valence-corrected chi connectivity index (χ4v) is 16.3. The van der Waals surface area contributed by atoms with E-state index in [2.05, 4.69) is 54.8 Å². The van der Waals surface area contributed by atoms with Crippen molar-refractivity contribution >= 4 is 94.1 Å². The van der Waals surface area contributed by atoms with Gasteiger partial charge in [-0.2, -0.15) is 9.97 Å². The summed E-state index contributed by atoms with van der Waals surface area (Å²) in [7, 11) is -21.4. The van der Waals surface area contributed by atoms with Crippen molar-refractivity contribution in [3.8, 4) is 0 Å². The lowest BCUT2D eigenvalue weighted by Crippen LogP contribution is -2.33. The van der Waals surface area contributed by atoms with Crippen LogP contribution in [-0.2, 0) is 78.1 Å². The Morgan fingerprint density at radius 1 is 0.545 bits per heavy atom. The molecule has 546 valence electrons. The van der Waals surface area contributed by atoms with Crippen molar-refractivity contribution in [2.75, 3.05) is 56.5 Å². The number of phosphoric ester groups is 4. The van der Waals surface area contributed by atoms with Gasteiger partial charge in [-0.1, -0.05) is 0 Å². The summed E-state index contributed by atoms with van der Waals surface area (Å²) in [4.78, 5) is 137. The summed E-state index contributed by atoms with van der Waals surface area (Å²) in [6, 6.07) is 1.30. The number of aromatic amines is 2. The molecule has 14 N–H and O–H groups in total. The van der Waals surface area contributed by atoms with Crippen LogP contribution in [0, 0.1) is 6.92 Å². The van der Waals surface area contributed by atoms with Gasteiger partial charge in [-0.05, 0) is 19.2 Å². The summed E-state index contributed by atoms with van der Waals surface area (Å²) in [5, 5.41) is 21.5. The molecule has 5 aliphatic rings. The first-order chi connectivity index (χ1) is 48.0. The number of aromatic nitrogens is 16. The zero-order chi connectivity index (χ0) is 71.6. The van der Waals surface area contributed by atoms with E-state index in [9.17, 15) is 67.2 Å². The molecule has 8 aromatic rings. The lowest BCUT2D eigenvalue weighted by atomic mass is 10.2. The summed E-state index contributed by atoms with van der Waals surface area (Å²) < 4.78 is 137. The maximum absolute atomic E-state index is 14.4. The molecular weight excluding hydrogens is 1450 g/mol. The summed E-state index contributed by atoms with van der Waals surface area (Å²) in [5.41, 5.74) is 15.1. The van der Waals surface area contributed by atoms with Gasteiger partial charge in [-0.3, -0.25) is 78.6 Å². The molecule has 13 heterocycles. The number of H-pyrrole nitrogens is 2. The van der Waals surface area contributed by atoms with Crippen molar-refractivity contribution in [1.29, 1.82) is 0 Å². The summed E-state index contributed by atoms with van der Waals surface area (Å²) in [6.07, 6.45) is -11.9. The first kappa shape index (κ1) is 72.3. The van der Waals surface area contributed by atoms with Crippen LogP contribution in [0.15, 0.2) is 74.3 Å². The first-order valence-corrected chi connectivity index (χ1v) is 37.4. The number of aliphatic hydroxyl groups excluding tert-OH is 2. The van der Waals surface area contributed by atoms with E-state index in [1.807, 2.05) is 0 Å². The predicted molar refractivity (Wildman–Crippen MR) is 337 cm³/mol. The van der Waals surface area contributed by atoms with Crippen LogP contribution < -0.4 is 39.7 Å². The molecule has 5 aliphatic heterocycles. The van der Waals surface area contributed by atoms with E-state index in [0.29, 0.717) is 10.5 Å². The Balaban J connectivity index is 0.714. The van der Waals surface area contributed by atoms with Gasteiger partial charge < -0.3 is 70.7 Å². The van der Waals surface area contributed by atoms with E-state index >= 15 is 0 Å². The van der Waals surface area contributed by atoms with Crippen molar-refractivity contribution in [3.63, 3.8) is 0 Å². The maximum atomic E-state index is 14.4. The molecule has 46 nitrogen and oxygen atoms in total. The molecular formula is C50H63N19O27P4S. The minimum absolute atomic E-state index is 0.0111. The number of nitrogens with zero attached hydrogens (tertiary/aromatic N) is 14. The molecule has 13 rings (SSSR count). The van der Waals surface area contributed by atoms with Crippen molar-refractivity contribution in [3.05, 3.63) is 97.3 Å². The smallest absolute Gasteiger partial charge is 0.394 e. The number of ether oxygens (including phenoxy) is 5. The molecule has 0 bridgehead atoms. The second kappa shape index (κ2) is 28.9. The number of thioether (sulfide) groups is 1. The number of aliphatic hydroxyl groups is 2. The number of nitrogens with two attached hydrogens (primary N) is 3. The summed E-state index contributed by atoms with van der Waals surface area (Å²) >= 11 is 1.25. The zero-order valence-corrected chi connectivity index (χ0v) is 56.7. The molecule has 8 aromatic heterocycles. The number of rotatable bonds is 27. The molecule has 0 radical (unpaired) electrons. The monoisotopic (exact) mass is 1520 g/mol.